The summed E-state index contributed by atoms with van der Waals surface area (Å²) in [4.78, 5) is 0. The zero-order valence-electron chi connectivity index (χ0n) is 9.31. The zero-order valence-corrected chi connectivity index (χ0v) is 13.3. The minimum atomic E-state index is -0.697. The number of halogens is 4. The molecule has 1 atom stereocenters. The van der Waals surface area contributed by atoms with E-state index in [0.29, 0.717) is 0 Å². The number of benzene rings is 1. The van der Waals surface area contributed by atoms with Gasteiger partial charge in [-0.25, -0.2) is 8.78 Å². The summed E-state index contributed by atoms with van der Waals surface area (Å²) < 4.78 is 29.0. The Kier molecular flexibility index (Phi) is 4.21. The van der Waals surface area contributed by atoms with Crippen LogP contribution < -0.4 is 5.73 Å². The summed E-state index contributed by atoms with van der Waals surface area (Å²) in [6, 6.07) is 3.43. The van der Waals surface area contributed by atoms with Crippen LogP contribution in [-0.4, -0.2) is 0 Å². The van der Waals surface area contributed by atoms with Crippen molar-refractivity contribution in [2.45, 2.75) is 13.0 Å². The smallest absolute Gasteiger partial charge is 0.128 e. The highest BCUT2D eigenvalue weighted by Crippen LogP contribution is 2.37. The first-order valence-corrected chi connectivity index (χ1v) is 7.46. The number of nitrogens with two attached hydrogens (primary N) is 1. The van der Waals surface area contributed by atoms with E-state index in [1.54, 1.807) is 6.07 Å². The maximum Gasteiger partial charge on any atom is 0.128 e. The molecule has 0 spiro atoms. The highest BCUT2D eigenvalue weighted by molar-refractivity contribution is 9.12. The van der Waals surface area contributed by atoms with Gasteiger partial charge >= 0.3 is 0 Å². The van der Waals surface area contributed by atoms with Crippen molar-refractivity contribution in [2.24, 2.45) is 5.73 Å². The summed E-state index contributed by atoms with van der Waals surface area (Å²) in [7, 11) is 0. The summed E-state index contributed by atoms with van der Waals surface area (Å²) in [6.07, 6.45) is 0. The largest absolute Gasteiger partial charge is 0.320 e. The van der Waals surface area contributed by atoms with Crippen molar-refractivity contribution in [3.63, 3.8) is 0 Å². The van der Waals surface area contributed by atoms with E-state index in [1.165, 1.54) is 24.3 Å². The number of thiophene rings is 1. The van der Waals surface area contributed by atoms with E-state index < -0.39 is 17.7 Å². The Hall–Kier alpha value is -0.300. The van der Waals surface area contributed by atoms with Gasteiger partial charge in [0, 0.05) is 5.56 Å². The lowest BCUT2D eigenvalue weighted by molar-refractivity contribution is 0.570. The molecule has 0 fully saturated rings. The van der Waals surface area contributed by atoms with Crippen molar-refractivity contribution >= 4 is 43.2 Å². The molecule has 1 nitrogen and oxygen atoms in total. The molecule has 1 aromatic heterocycles. The third kappa shape index (κ3) is 2.66. The van der Waals surface area contributed by atoms with Gasteiger partial charge in [0.05, 0.1) is 13.6 Å². The van der Waals surface area contributed by atoms with Gasteiger partial charge in [-0.15, -0.1) is 11.3 Å². The summed E-state index contributed by atoms with van der Waals surface area (Å²) >= 11 is 8.14. The van der Waals surface area contributed by atoms with Crippen molar-refractivity contribution in [3.05, 3.63) is 54.1 Å². The Morgan fingerprint density at radius 2 is 1.78 bits per heavy atom. The van der Waals surface area contributed by atoms with Crippen LogP contribution in [0.25, 0.3) is 0 Å². The number of hydrogen-bond acceptors (Lipinski definition) is 2. The van der Waals surface area contributed by atoms with Crippen molar-refractivity contribution in [1.82, 2.24) is 0 Å². The first kappa shape index (κ1) is 14.1. The van der Waals surface area contributed by atoms with Crippen molar-refractivity contribution in [3.8, 4) is 0 Å². The average Bonchev–Trinajstić information content (AvgIpc) is 2.62. The van der Waals surface area contributed by atoms with Crippen LogP contribution in [0, 0.1) is 18.6 Å². The lowest BCUT2D eigenvalue weighted by atomic mass is 10.00. The maximum atomic E-state index is 13.8. The monoisotopic (exact) mass is 395 g/mol. The molecule has 2 aromatic rings. The molecule has 0 radical (unpaired) electrons. The van der Waals surface area contributed by atoms with Crippen LogP contribution in [-0.2, 0) is 0 Å². The average molecular weight is 397 g/mol. The first-order valence-electron chi connectivity index (χ1n) is 5.06. The molecule has 2 rings (SSSR count). The van der Waals surface area contributed by atoms with Crippen LogP contribution in [0.3, 0.4) is 0 Å². The van der Waals surface area contributed by atoms with Crippen LogP contribution in [0.2, 0.25) is 0 Å². The summed E-state index contributed by atoms with van der Waals surface area (Å²) in [5.74, 6) is -0.942. The fourth-order valence-electron chi connectivity index (χ4n) is 1.63. The van der Waals surface area contributed by atoms with Crippen molar-refractivity contribution in [1.29, 1.82) is 0 Å². The molecule has 0 aliphatic carbocycles. The van der Waals surface area contributed by atoms with E-state index in [4.69, 9.17) is 5.73 Å². The van der Waals surface area contributed by atoms with Gasteiger partial charge in [0.15, 0.2) is 0 Å². The number of rotatable bonds is 2. The molecule has 1 aromatic carbocycles. The Bertz CT molecular complexity index is 598. The van der Waals surface area contributed by atoms with Crippen molar-refractivity contribution in [2.75, 3.05) is 0 Å². The lowest BCUT2D eigenvalue weighted by Crippen LogP contribution is -2.14. The second kappa shape index (κ2) is 5.36. The summed E-state index contributed by atoms with van der Waals surface area (Å²) in [5.41, 5.74) is 7.16. The molecule has 1 heterocycles. The van der Waals surface area contributed by atoms with Gasteiger partial charge in [-0.3, -0.25) is 0 Å². The maximum absolute atomic E-state index is 13.8. The molecule has 0 aliphatic heterocycles. The second-order valence-corrected chi connectivity index (χ2v) is 7.63. The third-order valence-electron chi connectivity index (χ3n) is 2.63. The molecular formula is C12H9Br2F2NS. The molecule has 6 heteroatoms. The van der Waals surface area contributed by atoms with Gasteiger partial charge in [-0.2, -0.15) is 0 Å². The normalized spacial score (nSPS) is 12.8. The third-order valence-corrected chi connectivity index (χ3v) is 5.02. The van der Waals surface area contributed by atoms with Crippen LogP contribution in [0.5, 0.6) is 0 Å². The first-order chi connectivity index (χ1) is 8.40. The Labute approximate surface area is 124 Å². The van der Waals surface area contributed by atoms with Crippen LogP contribution in [0.15, 0.2) is 25.8 Å². The minimum absolute atomic E-state index is 0.157. The Morgan fingerprint density at radius 1 is 1.11 bits per heavy atom. The fraction of sp³-hybridized carbons (Fsp3) is 0.167. The SMILES string of the molecule is Cc1cc(F)c(C(N)c2cc(Br)sc2Br)cc1F. The standard InChI is InChI=1S/C12H9Br2F2NS/c1-5-2-9(16)6(3-8(5)15)11(17)7-4-10(13)18-12(7)14/h2-4,11H,17H2,1H3. The Morgan fingerprint density at radius 3 is 2.33 bits per heavy atom. The van der Waals surface area contributed by atoms with E-state index in [9.17, 15) is 8.78 Å². The Balaban J connectivity index is 2.49. The number of hydrogen-bond donors (Lipinski definition) is 1. The van der Waals surface area contributed by atoms with Crippen LogP contribution >= 0.6 is 43.2 Å². The minimum Gasteiger partial charge on any atom is -0.320 e. The predicted octanol–water partition coefficient (Wildman–Crippen LogP) is 4.91. The lowest BCUT2D eigenvalue weighted by Gasteiger charge is -2.13. The quantitative estimate of drug-likeness (QED) is 0.766. The topological polar surface area (TPSA) is 26.0 Å². The van der Waals surface area contributed by atoms with E-state index in [-0.39, 0.29) is 11.1 Å². The van der Waals surface area contributed by atoms with Gasteiger partial charge in [-0.1, -0.05) is 0 Å². The van der Waals surface area contributed by atoms with Crippen LogP contribution in [0.1, 0.15) is 22.7 Å². The fourth-order valence-corrected chi connectivity index (χ4v) is 4.56. The molecule has 18 heavy (non-hydrogen) atoms. The molecule has 0 aliphatic rings. The molecule has 0 saturated heterocycles. The van der Waals surface area contributed by atoms with Crippen molar-refractivity contribution < 1.29 is 8.78 Å². The van der Waals surface area contributed by atoms with Gasteiger partial charge < -0.3 is 5.73 Å². The van der Waals surface area contributed by atoms with Crippen LogP contribution in [0.4, 0.5) is 8.78 Å². The predicted molar refractivity (Wildman–Crippen MR) is 76.8 cm³/mol. The van der Waals surface area contributed by atoms with Gasteiger partial charge in [0.25, 0.3) is 0 Å². The van der Waals surface area contributed by atoms with Gasteiger partial charge in [0.2, 0.25) is 0 Å². The molecule has 0 amide bonds. The second-order valence-electron chi connectivity index (χ2n) is 3.88. The molecule has 1 unspecified atom stereocenters. The van der Waals surface area contributed by atoms with Gasteiger partial charge in [0.1, 0.15) is 11.6 Å². The molecule has 0 bridgehead atoms. The van der Waals surface area contributed by atoms with E-state index in [0.717, 1.165) is 19.2 Å². The molecule has 0 saturated carbocycles. The van der Waals surface area contributed by atoms with E-state index in [2.05, 4.69) is 31.9 Å². The van der Waals surface area contributed by atoms with E-state index in [1.807, 2.05) is 0 Å². The zero-order chi connectivity index (χ0) is 13.4. The summed E-state index contributed by atoms with van der Waals surface area (Å²) in [5, 5.41) is 0. The molecule has 2 N–H and O–H groups in total. The summed E-state index contributed by atoms with van der Waals surface area (Å²) in [6.45, 7) is 1.52. The highest BCUT2D eigenvalue weighted by Gasteiger charge is 2.19. The highest BCUT2D eigenvalue weighted by atomic mass is 79.9. The number of aryl methyl sites for hydroxylation is 1. The molecule has 96 valence electrons. The van der Waals surface area contributed by atoms with E-state index >= 15 is 0 Å². The molecular weight excluding hydrogens is 388 g/mol. The van der Waals surface area contributed by atoms with Gasteiger partial charge in [-0.05, 0) is 68.1 Å².